The SMILES string of the molecule is CNCCc1ccccc1C(=O)Nc1cccc(C(=O)N(C)C)c1. The monoisotopic (exact) mass is 325 g/mol. The lowest BCUT2D eigenvalue weighted by Crippen LogP contribution is -2.22. The summed E-state index contributed by atoms with van der Waals surface area (Å²) in [6.07, 6.45) is 0.777. The maximum absolute atomic E-state index is 12.6. The molecule has 0 aliphatic rings. The first-order chi connectivity index (χ1) is 11.5. The van der Waals surface area contributed by atoms with Gasteiger partial charge in [0.15, 0.2) is 0 Å². The second kappa shape index (κ2) is 8.26. The number of nitrogens with one attached hydrogen (secondary N) is 2. The Hall–Kier alpha value is -2.66. The highest BCUT2D eigenvalue weighted by Gasteiger charge is 2.13. The highest BCUT2D eigenvalue weighted by Crippen LogP contribution is 2.16. The van der Waals surface area contributed by atoms with Crippen LogP contribution in [0.1, 0.15) is 26.3 Å². The molecule has 0 heterocycles. The molecule has 0 fully saturated rings. The molecule has 0 bridgehead atoms. The summed E-state index contributed by atoms with van der Waals surface area (Å²) < 4.78 is 0. The van der Waals surface area contributed by atoms with Gasteiger partial charge in [-0.1, -0.05) is 24.3 Å². The summed E-state index contributed by atoms with van der Waals surface area (Å²) in [5.41, 5.74) is 2.79. The average Bonchev–Trinajstić information content (AvgIpc) is 2.59. The summed E-state index contributed by atoms with van der Waals surface area (Å²) in [7, 11) is 5.28. The Kier molecular flexibility index (Phi) is 6.09. The predicted octanol–water partition coefficient (Wildman–Crippen LogP) is 2.40. The Labute approximate surface area is 142 Å². The number of carbonyl (C=O) groups is 2. The van der Waals surface area contributed by atoms with Crippen LogP contribution in [0, 0.1) is 0 Å². The van der Waals surface area contributed by atoms with Crippen molar-refractivity contribution in [1.29, 1.82) is 0 Å². The number of hydrogen-bond donors (Lipinski definition) is 2. The van der Waals surface area contributed by atoms with Crippen molar-refractivity contribution >= 4 is 17.5 Å². The van der Waals surface area contributed by atoms with E-state index in [-0.39, 0.29) is 11.8 Å². The minimum absolute atomic E-state index is 0.0967. The second-order valence-corrected chi connectivity index (χ2v) is 5.75. The van der Waals surface area contributed by atoms with Gasteiger partial charge >= 0.3 is 0 Å². The van der Waals surface area contributed by atoms with Crippen LogP contribution in [0.25, 0.3) is 0 Å². The molecule has 0 aromatic heterocycles. The van der Waals surface area contributed by atoms with Crippen LogP contribution in [-0.4, -0.2) is 44.4 Å². The van der Waals surface area contributed by atoms with Gasteiger partial charge in [0.05, 0.1) is 0 Å². The Morgan fingerprint density at radius 1 is 1.04 bits per heavy atom. The first kappa shape index (κ1) is 17.7. The topological polar surface area (TPSA) is 61.4 Å². The van der Waals surface area contributed by atoms with Crippen molar-refractivity contribution in [3.8, 4) is 0 Å². The molecule has 0 unspecified atom stereocenters. The maximum Gasteiger partial charge on any atom is 0.255 e. The van der Waals surface area contributed by atoms with Gasteiger partial charge in [0.2, 0.25) is 0 Å². The van der Waals surface area contributed by atoms with Gasteiger partial charge in [-0.25, -0.2) is 0 Å². The van der Waals surface area contributed by atoms with Gasteiger partial charge in [-0.15, -0.1) is 0 Å². The molecule has 2 aromatic rings. The van der Waals surface area contributed by atoms with Crippen LogP contribution < -0.4 is 10.6 Å². The third-order valence-electron chi connectivity index (χ3n) is 3.68. The first-order valence-electron chi connectivity index (χ1n) is 7.88. The number of rotatable bonds is 6. The summed E-state index contributed by atoms with van der Waals surface area (Å²) in [4.78, 5) is 26.1. The van der Waals surface area contributed by atoms with Crippen molar-refractivity contribution in [2.45, 2.75) is 6.42 Å². The molecule has 0 radical (unpaired) electrons. The van der Waals surface area contributed by atoms with E-state index in [1.807, 2.05) is 31.3 Å². The number of benzene rings is 2. The van der Waals surface area contributed by atoms with E-state index in [0.29, 0.717) is 16.8 Å². The van der Waals surface area contributed by atoms with Crippen LogP contribution in [0.2, 0.25) is 0 Å². The highest BCUT2D eigenvalue weighted by molar-refractivity contribution is 6.06. The van der Waals surface area contributed by atoms with Gasteiger partial charge in [-0.05, 0) is 49.8 Å². The number of anilines is 1. The number of hydrogen-bond acceptors (Lipinski definition) is 3. The molecule has 0 saturated heterocycles. The summed E-state index contributed by atoms with van der Waals surface area (Å²) >= 11 is 0. The average molecular weight is 325 g/mol. The fraction of sp³-hybridized carbons (Fsp3) is 0.263. The summed E-state index contributed by atoms with van der Waals surface area (Å²) in [6, 6.07) is 14.5. The normalized spacial score (nSPS) is 10.3. The van der Waals surface area contributed by atoms with Crippen molar-refractivity contribution < 1.29 is 9.59 Å². The lowest BCUT2D eigenvalue weighted by molar-refractivity contribution is 0.0827. The largest absolute Gasteiger partial charge is 0.345 e. The lowest BCUT2D eigenvalue weighted by atomic mass is 10.0. The van der Waals surface area contributed by atoms with Gasteiger partial charge < -0.3 is 15.5 Å². The van der Waals surface area contributed by atoms with Crippen LogP contribution in [0.5, 0.6) is 0 Å². The first-order valence-corrected chi connectivity index (χ1v) is 7.88. The van der Waals surface area contributed by atoms with Gasteiger partial charge in [-0.2, -0.15) is 0 Å². The number of likely N-dealkylation sites (N-methyl/N-ethyl adjacent to an activating group) is 1. The number of nitrogens with zero attached hydrogens (tertiary/aromatic N) is 1. The Morgan fingerprint density at radius 3 is 2.50 bits per heavy atom. The van der Waals surface area contributed by atoms with Gasteiger partial charge in [0.1, 0.15) is 0 Å². The van der Waals surface area contributed by atoms with E-state index in [1.165, 1.54) is 4.90 Å². The van der Waals surface area contributed by atoms with Gasteiger partial charge in [0, 0.05) is 30.9 Å². The minimum Gasteiger partial charge on any atom is -0.345 e. The van der Waals surface area contributed by atoms with Crippen molar-refractivity contribution in [1.82, 2.24) is 10.2 Å². The van der Waals surface area contributed by atoms with Crippen LogP contribution in [0.15, 0.2) is 48.5 Å². The smallest absolute Gasteiger partial charge is 0.255 e. The molecule has 2 rings (SSSR count). The zero-order valence-electron chi connectivity index (χ0n) is 14.3. The van der Waals surface area contributed by atoms with E-state index in [9.17, 15) is 9.59 Å². The van der Waals surface area contributed by atoms with E-state index in [4.69, 9.17) is 0 Å². The molecule has 0 spiro atoms. The molecule has 5 nitrogen and oxygen atoms in total. The minimum atomic E-state index is -0.170. The Balaban J connectivity index is 2.18. The second-order valence-electron chi connectivity index (χ2n) is 5.75. The molecule has 24 heavy (non-hydrogen) atoms. The van der Waals surface area contributed by atoms with Crippen molar-refractivity contribution in [2.24, 2.45) is 0 Å². The Bertz CT molecular complexity index is 726. The van der Waals surface area contributed by atoms with E-state index in [0.717, 1.165) is 18.5 Å². The van der Waals surface area contributed by atoms with Crippen LogP contribution in [-0.2, 0) is 6.42 Å². The predicted molar refractivity (Wildman–Crippen MR) is 96.5 cm³/mol. The molecule has 0 atom stereocenters. The summed E-state index contributed by atoms with van der Waals surface area (Å²) in [5, 5.41) is 5.97. The van der Waals surface area contributed by atoms with Crippen LogP contribution in [0.4, 0.5) is 5.69 Å². The van der Waals surface area contributed by atoms with Crippen molar-refractivity contribution in [2.75, 3.05) is 33.0 Å². The Morgan fingerprint density at radius 2 is 1.79 bits per heavy atom. The highest BCUT2D eigenvalue weighted by atomic mass is 16.2. The third kappa shape index (κ3) is 4.43. The van der Waals surface area contributed by atoms with Gasteiger partial charge in [0.25, 0.3) is 11.8 Å². The summed E-state index contributed by atoms with van der Waals surface area (Å²) in [5.74, 6) is -0.267. The maximum atomic E-state index is 12.6. The molecule has 0 aliphatic carbocycles. The summed E-state index contributed by atoms with van der Waals surface area (Å²) in [6.45, 7) is 0.803. The van der Waals surface area contributed by atoms with E-state index >= 15 is 0 Å². The molecule has 0 saturated carbocycles. The molecular formula is C19H23N3O2. The molecule has 2 aromatic carbocycles. The number of carbonyl (C=O) groups excluding carboxylic acids is 2. The molecule has 2 N–H and O–H groups in total. The molecule has 2 amide bonds. The zero-order valence-corrected chi connectivity index (χ0v) is 14.3. The van der Waals surface area contributed by atoms with Crippen molar-refractivity contribution in [3.63, 3.8) is 0 Å². The number of amides is 2. The zero-order chi connectivity index (χ0) is 17.5. The van der Waals surface area contributed by atoms with Gasteiger partial charge in [-0.3, -0.25) is 9.59 Å². The van der Waals surface area contributed by atoms with E-state index < -0.39 is 0 Å². The quantitative estimate of drug-likeness (QED) is 0.857. The van der Waals surface area contributed by atoms with E-state index in [1.54, 1.807) is 38.4 Å². The van der Waals surface area contributed by atoms with E-state index in [2.05, 4.69) is 10.6 Å². The van der Waals surface area contributed by atoms with Crippen LogP contribution >= 0.6 is 0 Å². The lowest BCUT2D eigenvalue weighted by Gasteiger charge is -2.13. The molecular weight excluding hydrogens is 302 g/mol. The van der Waals surface area contributed by atoms with Crippen molar-refractivity contribution in [3.05, 3.63) is 65.2 Å². The molecule has 0 aliphatic heterocycles. The molecule has 5 heteroatoms. The fourth-order valence-corrected chi connectivity index (χ4v) is 2.41. The molecule has 126 valence electrons. The standard InChI is InChI=1S/C19H23N3O2/c1-20-12-11-14-7-4-5-10-17(14)18(23)21-16-9-6-8-15(13-16)19(24)22(2)3/h4-10,13,20H,11-12H2,1-3H3,(H,21,23). The van der Waals surface area contributed by atoms with Crippen LogP contribution in [0.3, 0.4) is 0 Å². The fourth-order valence-electron chi connectivity index (χ4n) is 2.41. The third-order valence-corrected chi connectivity index (χ3v) is 3.68.